The molecule has 0 bridgehead atoms. The zero-order valence-corrected chi connectivity index (χ0v) is 14.7. The van der Waals surface area contributed by atoms with Gasteiger partial charge in [-0.15, -0.1) is 0 Å². The lowest BCUT2D eigenvalue weighted by atomic mass is 10.1. The van der Waals surface area contributed by atoms with Crippen molar-refractivity contribution >= 4 is 22.8 Å². The van der Waals surface area contributed by atoms with Gasteiger partial charge in [-0.2, -0.15) is 0 Å². The number of aryl methyl sites for hydroxylation is 1. The maximum Gasteiger partial charge on any atom is 0.222 e. The Balaban J connectivity index is 1.46. The van der Waals surface area contributed by atoms with Crippen LogP contribution < -0.4 is 5.73 Å². The van der Waals surface area contributed by atoms with Gasteiger partial charge in [0.15, 0.2) is 0 Å². The van der Waals surface area contributed by atoms with Crippen molar-refractivity contribution in [3.63, 3.8) is 0 Å². The number of nitrogens with two attached hydrogens (primary N) is 1. The molecule has 2 aromatic heterocycles. The van der Waals surface area contributed by atoms with Gasteiger partial charge >= 0.3 is 0 Å². The first-order chi connectivity index (χ1) is 12.7. The molecule has 3 heterocycles. The van der Waals surface area contributed by atoms with Crippen molar-refractivity contribution in [2.75, 3.05) is 18.8 Å². The van der Waals surface area contributed by atoms with E-state index in [2.05, 4.69) is 27.1 Å². The first kappa shape index (κ1) is 16.6. The Labute approximate surface area is 152 Å². The van der Waals surface area contributed by atoms with E-state index in [-0.39, 0.29) is 5.91 Å². The second-order valence-corrected chi connectivity index (χ2v) is 6.79. The molecule has 1 aliphatic rings. The molecule has 4 rings (SSSR count). The molecular formula is C20H23N5O. The number of hydrogen-bond donors (Lipinski definition) is 2. The van der Waals surface area contributed by atoms with Crippen LogP contribution in [0.15, 0.2) is 36.5 Å². The highest BCUT2D eigenvalue weighted by Crippen LogP contribution is 2.27. The lowest BCUT2D eigenvalue weighted by Gasteiger charge is -2.14. The van der Waals surface area contributed by atoms with Crippen molar-refractivity contribution in [3.8, 4) is 11.3 Å². The molecule has 1 aliphatic heterocycles. The first-order valence-electron chi connectivity index (χ1n) is 9.18. The number of anilines is 1. The van der Waals surface area contributed by atoms with Crippen molar-refractivity contribution < 1.29 is 4.79 Å². The fraction of sp³-hybridized carbons (Fsp3) is 0.350. The lowest BCUT2D eigenvalue weighted by molar-refractivity contribution is -0.127. The maximum atomic E-state index is 11.7. The summed E-state index contributed by atoms with van der Waals surface area (Å²) in [7, 11) is 0. The van der Waals surface area contributed by atoms with Gasteiger partial charge in [-0.05, 0) is 43.9 Å². The number of carbonyl (C=O) groups excluding carboxylic acids is 1. The van der Waals surface area contributed by atoms with Gasteiger partial charge < -0.3 is 15.6 Å². The van der Waals surface area contributed by atoms with Gasteiger partial charge in [-0.1, -0.05) is 12.1 Å². The van der Waals surface area contributed by atoms with Crippen molar-refractivity contribution in [2.45, 2.75) is 32.1 Å². The molecule has 1 fully saturated rings. The number of hydrogen-bond acceptors (Lipinski definition) is 4. The third-order valence-electron chi connectivity index (χ3n) is 4.95. The molecule has 1 aromatic carbocycles. The molecule has 0 saturated carbocycles. The lowest BCUT2D eigenvalue weighted by Crippen LogP contribution is -2.25. The van der Waals surface area contributed by atoms with Crippen LogP contribution in [0, 0.1) is 0 Å². The number of likely N-dealkylation sites (tertiary alicyclic amines) is 1. The van der Waals surface area contributed by atoms with E-state index < -0.39 is 0 Å². The van der Waals surface area contributed by atoms with E-state index in [0.29, 0.717) is 12.4 Å². The normalized spacial score (nSPS) is 14.5. The van der Waals surface area contributed by atoms with Gasteiger partial charge in [0, 0.05) is 47.9 Å². The number of benzene rings is 1. The fourth-order valence-electron chi connectivity index (χ4n) is 3.64. The minimum absolute atomic E-state index is 0.290. The molecule has 0 spiro atoms. The van der Waals surface area contributed by atoms with Crippen molar-refractivity contribution in [2.24, 2.45) is 0 Å². The molecule has 3 aromatic rings. The van der Waals surface area contributed by atoms with Crippen LogP contribution in [0.3, 0.4) is 0 Å². The molecule has 134 valence electrons. The first-order valence-corrected chi connectivity index (χ1v) is 9.18. The predicted octanol–water partition coefficient (Wildman–Crippen LogP) is 3.15. The van der Waals surface area contributed by atoms with Gasteiger partial charge in [-0.25, -0.2) is 9.97 Å². The van der Waals surface area contributed by atoms with E-state index in [1.807, 2.05) is 29.3 Å². The third-order valence-corrected chi connectivity index (χ3v) is 4.95. The maximum absolute atomic E-state index is 11.7. The highest BCUT2D eigenvalue weighted by molar-refractivity contribution is 5.94. The van der Waals surface area contributed by atoms with Crippen LogP contribution in [0.1, 0.15) is 31.4 Å². The Bertz CT molecular complexity index is 933. The van der Waals surface area contributed by atoms with Crippen LogP contribution in [0.2, 0.25) is 0 Å². The van der Waals surface area contributed by atoms with Gasteiger partial charge in [-0.3, -0.25) is 4.79 Å². The Morgan fingerprint density at radius 2 is 2.12 bits per heavy atom. The number of rotatable bonds is 6. The van der Waals surface area contributed by atoms with E-state index in [0.717, 1.165) is 66.6 Å². The van der Waals surface area contributed by atoms with E-state index in [9.17, 15) is 4.79 Å². The molecular weight excluding hydrogens is 326 g/mol. The number of aromatic nitrogens is 3. The number of nitrogens with one attached hydrogen (secondary N) is 1. The molecule has 0 radical (unpaired) electrons. The van der Waals surface area contributed by atoms with E-state index in [4.69, 9.17) is 5.73 Å². The summed E-state index contributed by atoms with van der Waals surface area (Å²) in [5, 5.41) is 1.13. The van der Waals surface area contributed by atoms with E-state index in [1.165, 1.54) is 0 Å². The Morgan fingerprint density at radius 3 is 2.96 bits per heavy atom. The number of nitrogens with zero attached hydrogens (tertiary/aromatic N) is 3. The fourth-order valence-corrected chi connectivity index (χ4v) is 3.64. The van der Waals surface area contributed by atoms with Gasteiger partial charge in [0.1, 0.15) is 0 Å². The van der Waals surface area contributed by atoms with Crippen LogP contribution in [0.4, 0.5) is 5.95 Å². The average molecular weight is 349 g/mol. The van der Waals surface area contributed by atoms with Crippen LogP contribution in [-0.4, -0.2) is 38.8 Å². The number of nitrogen functional groups attached to an aromatic ring is 1. The average Bonchev–Trinajstić information content (AvgIpc) is 3.27. The predicted molar refractivity (Wildman–Crippen MR) is 102 cm³/mol. The SMILES string of the molecule is Nc1nc(CCCCN2CCCC2=O)cc(-c2cccc3[nH]ccc23)n1. The van der Waals surface area contributed by atoms with Gasteiger partial charge in [0.2, 0.25) is 11.9 Å². The number of unbranched alkanes of at least 4 members (excludes halogenated alkanes) is 1. The van der Waals surface area contributed by atoms with Gasteiger partial charge in [0.25, 0.3) is 0 Å². The summed E-state index contributed by atoms with van der Waals surface area (Å²) in [5.41, 5.74) is 9.90. The Morgan fingerprint density at radius 1 is 1.19 bits per heavy atom. The zero-order chi connectivity index (χ0) is 17.9. The molecule has 1 amide bonds. The topological polar surface area (TPSA) is 87.9 Å². The number of fused-ring (bicyclic) bond motifs is 1. The van der Waals surface area contributed by atoms with E-state index >= 15 is 0 Å². The van der Waals surface area contributed by atoms with E-state index in [1.54, 1.807) is 0 Å². The molecule has 26 heavy (non-hydrogen) atoms. The summed E-state index contributed by atoms with van der Waals surface area (Å²) in [6, 6.07) is 10.2. The minimum Gasteiger partial charge on any atom is -0.368 e. The summed E-state index contributed by atoms with van der Waals surface area (Å²) in [4.78, 5) is 25.7. The third kappa shape index (κ3) is 3.40. The van der Waals surface area contributed by atoms with Crippen LogP contribution in [0.25, 0.3) is 22.2 Å². The largest absolute Gasteiger partial charge is 0.368 e. The molecule has 1 saturated heterocycles. The van der Waals surface area contributed by atoms with Crippen molar-refractivity contribution in [3.05, 3.63) is 42.2 Å². The molecule has 0 atom stereocenters. The second-order valence-electron chi connectivity index (χ2n) is 6.79. The quantitative estimate of drug-likeness (QED) is 0.669. The number of amides is 1. The summed E-state index contributed by atoms with van der Waals surface area (Å²) in [5.74, 6) is 0.595. The summed E-state index contributed by atoms with van der Waals surface area (Å²) in [6.45, 7) is 1.75. The summed E-state index contributed by atoms with van der Waals surface area (Å²) >= 11 is 0. The monoisotopic (exact) mass is 349 g/mol. The standard InChI is InChI=1S/C20H23N5O/c21-20-23-14(5-1-2-11-25-12-4-8-19(25)26)13-18(24-20)15-6-3-7-17-16(15)9-10-22-17/h3,6-7,9-10,13,22H,1-2,4-5,8,11-12H2,(H2,21,23,24). The molecule has 0 aliphatic carbocycles. The zero-order valence-electron chi connectivity index (χ0n) is 14.7. The number of H-pyrrole nitrogens is 1. The Hall–Kier alpha value is -2.89. The highest BCUT2D eigenvalue weighted by atomic mass is 16.2. The summed E-state index contributed by atoms with van der Waals surface area (Å²) < 4.78 is 0. The van der Waals surface area contributed by atoms with Crippen molar-refractivity contribution in [1.29, 1.82) is 0 Å². The number of aromatic amines is 1. The minimum atomic E-state index is 0.290. The van der Waals surface area contributed by atoms with Gasteiger partial charge in [0.05, 0.1) is 5.69 Å². The van der Waals surface area contributed by atoms with Crippen LogP contribution in [-0.2, 0) is 11.2 Å². The smallest absolute Gasteiger partial charge is 0.222 e. The Kier molecular flexibility index (Phi) is 4.56. The number of carbonyl (C=O) groups is 1. The van der Waals surface area contributed by atoms with Crippen molar-refractivity contribution in [1.82, 2.24) is 19.9 Å². The molecule has 3 N–H and O–H groups in total. The molecule has 0 unspecified atom stereocenters. The highest BCUT2D eigenvalue weighted by Gasteiger charge is 2.19. The molecule has 6 heteroatoms. The summed E-state index contributed by atoms with van der Waals surface area (Å²) in [6.07, 6.45) is 6.43. The van der Waals surface area contributed by atoms with Crippen LogP contribution >= 0.6 is 0 Å². The molecule has 6 nitrogen and oxygen atoms in total. The van der Waals surface area contributed by atoms with Crippen LogP contribution in [0.5, 0.6) is 0 Å². The second kappa shape index (κ2) is 7.15.